The van der Waals surface area contributed by atoms with E-state index in [9.17, 15) is 0 Å². The summed E-state index contributed by atoms with van der Waals surface area (Å²) in [6.07, 6.45) is 4.92. The van der Waals surface area contributed by atoms with Crippen molar-refractivity contribution in [3.63, 3.8) is 0 Å². The van der Waals surface area contributed by atoms with Gasteiger partial charge in [0.2, 0.25) is 0 Å². The second kappa shape index (κ2) is 6.79. The molecule has 0 spiro atoms. The number of halogens is 2. The first-order valence-corrected chi connectivity index (χ1v) is 7.64. The molecule has 1 heterocycles. The summed E-state index contributed by atoms with van der Waals surface area (Å²) in [6.45, 7) is 5.83. The molecule has 0 bridgehead atoms. The van der Waals surface area contributed by atoms with E-state index in [-0.39, 0.29) is 0 Å². The number of hydrogen-bond acceptors (Lipinski definition) is 1. The molecule has 1 aliphatic heterocycles. The standard InChI is InChI=1S/C15H21Cl2N/c1-2-3-9-18-10-7-12(8-11-18)15-13(16)5-4-6-14(15)17/h4-6,12H,2-3,7-11H2,1H3. The summed E-state index contributed by atoms with van der Waals surface area (Å²) < 4.78 is 0. The second-order valence-electron chi connectivity index (χ2n) is 5.10. The molecule has 0 aliphatic carbocycles. The Morgan fingerprint density at radius 2 is 1.78 bits per heavy atom. The molecule has 0 N–H and O–H groups in total. The van der Waals surface area contributed by atoms with Crippen molar-refractivity contribution in [2.45, 2.75) is 38.5 Å². The maximum Gasteiger partial charge on any atom is 0.0455 e. The fourth-order valence-electron chi connectivity index (χ4n) is 2.73. The molecule has 1 aromatic rings. The van der Waals surface area contributed by atoms with E-state index < -0.39 is 0 Å². The van der Waals surface area contributed by atoms with Gasteiger partial charge < -0.3 is 4.90 Å². The number of nitrogens with zero attached hydrogens (tertiary/aromatic N) is 1. The molecule has 3 heteroatoms. The third kappa shape index (κ3) is 3.40. The van der Waals surface area contributed by atoms with Crippen LogP contribution in [0.15, 0.2) is 18.2 Å². The van der Waals surface area contributed by atoms with E-state index in [2.05, 4.69) is 11.8 Å². The van der Waals surface area contributed by atoms with E-state index in [1.807, 2.05) is 18.2 Å². The van der Waals surface area contributed by atoms with E-state index in [4.69, 9.17) is 23.2 Å². The quantitative estimate of drug-likeness (QED) is 0.755. The van der Waals surface area contributed by atoms with Gasteiger partial charge in [-0.15, -0.1) is 0 Å². The van der Waals surface area contributed by atoms with Crippen LogP contribution < -0.4 is 0 Å². The highest BCUT2D eigenvalue weighted by atomic mass is 35.5. The fraction of sp³-hybridized carbons (Fsp3) is 0.600. The Kier molecular flexibility index (Phi) is 5.35. The molecule has 2 rings (SSSR count). The van der Waals surface area contributed by atoms with Gasteiger partial charge in [0.15, 0.2) is 0 Å². The zero-order valence-electron chi connectivity index (χ0n) is 11.0. The smallest absolute Gasteiger partial charge is 0.0455 e. The van der Waals surface area contributed by atoms with Gasteiger partial charge in [-0.3, -0.25) is 0 Å². The van der Waals surface area contributed by atoms with Crippen LogP contribution in [0.1, 0.15) is 44.1 Å². The topological polar surface area (TPSA) is 3.24 Å². The molecule has 0 unspecified atom stereocenters. The normalized spacial score (nSPS) is 18.2. The summed E-state index contributed by atoms with van der Waals surface area (Å²) in [5.41, 5.74) is 1.16. The zero-order chi connectivity index (χ0) is 13.0. The Bertz CT molecular complexity index is 364. The van der Waals surface area contributed by atoms with Crippen LogP contribution >= 0.6 is 23.2 Å². The average Bonchev–Trinajstić information content (AvgIpc) is 2.37. The number of rotatable bonds is 4. The molecular weight excluding hydrogens is 265 g/mol. The van der Waals surface area contributed by atoms with Crippen LogP contribution in [0.25, 0.3) is 0 Å². The predicted molar refractivity (Wildman–Crippen MR) is 79.8 cm³/mol. The summed E-state index contributed by atoms with van der Waals surface area (Å²) >= 11 is 12.6. The molecule has 1 saturated heterocycles. The first kappa shape index (κ1) is 14.2. The molecule has 0 amide bonds. The first-order valence-electron chi connectivity index (χ1n) is 6.88. The summed E-state index contributed by atoms with van der Waals surface area (Å²) in [5.74, 6) is 0.532. The van der Waals surface area contributed by atoms with Gasteiger partial charge in [-0.2, -0.15) is 0 Å². The van der Waals surface area contributed by atoms with E-state index in [1.165, 1.54) is 45.3 Å². The van der Waals surface area contributed by atoms with E-state index in [0.29, 0.717) is 5.92 Å². The lowest BCUT2D eigenvalue weighted by Crippen LogP contribution is -2.33. The molecule has 0 atom stereocenters. The minimum absolute atomic E-state index is 0.532. The van der Waals surface area contributed by atoms with Crippen LogP contribution in [0.2, 0.25) is 10.0 Å². The summed E-state index contributed by atoms with van der Waals surface area (Å²) in [5, 5.41) is 1.66. The van der Waals surface area contributed by atoms with Crippen LogP contribution in [0.5, 0.6) is 0 Å². The lowest BCUT2D eigenvalue weighted by atomic mass is 9.89. The number of hydrogen-bond donors (Lipinski definition) is 0. The number of piperidine rings is 1. The van der Waals surface area contributed by atoms with Gasteiger partial charge in [0.1, 0.15) is 0 Å². The monoisotopic (exact) mass is 285 g/mol. The summed E-state index contributed by atoms with van der Waals surface area (Å²) in [6, 6.07) is 5.82. The molecule has 100 valence electrons. The van der Waals surface area contributed by atoms with Gasteiger partial charge in [-0.1, -0.05) is 42.6 Å². The molecule has 1 nitrogen and oxygen atoms in total. The van der Waals surface area contributed by atoms with E-state index in [0.717, 1.165) is 15.6 Å². The Morgan fingerprint density at radius 1 is 1.17 bits per heavy atom. The number of likely N-dealkylation sites (tertiary alicyclic amines) is 1. The van der Waals surface area contributed by atoms with E-state index in [1.54, 1.807) is 0 Å². The Morgan fingerprint density at radius 3 is 2.33 bits per heavy atom. The molecule has 1 aliphatic rings. The fourth-order valence-corrected chi connectivity index (χ4v) is 3.43. The van der Waals surface area contributed by atoms with Crippen LogP contribution in [0, 0.1) is 0 Å². The maximum atomic E-state index is 6.28. The van der Waals surface area contributed by atoms with Gasteiger partial charge in [0.25, 0.3) is 0 Å². The molecule has 0 radical (unpaired) electrons. The van der Waals surface area contributed by atoms with Crippen molar-refractivity contribution in [1.29, 1.82) is 0 Å². The van der Waals surface area contributed by atoms with Gasteiger partial charge in [0.05, 0.1) is 0 Å². The van der Waals surface area contributed by atoms with Crippen LogP contribution in [0.3, 0.4) is 0 Å². The highest BCUT2D eigenvalue weighted by molar-refractivity contribution is 6.36. The Balaban J connectivity index is 1.97. The molecular formula is C15H21Cl2N. The molecule has 0 aromatic heterocycles. The van der Waals surface area contributed by atoms with Crippen molar-refractivity contribution in [2.75, 3.05) is 19.6 Å². The van der Waals surface area contributed by atoms with Crippen LogP contribution in [0.4, 0.5) is 0 Å². The number of unbranched alkanes of at least 4 members (excludes halogenated alkanes) is 1. The third-order valence-electron chi connectivity index (χ3n) is 3.82. The lowest BCUT2D eigenvalue weighted by Gasteiger charge is -2.32. The highest BCUT2D eigenvalue weighted by Gasteiger charge is 2.23. The van der Waals surface area contributed by atoms with Crippen molar-refractivity contribution in [2.24, 2.45) is 0 Å². The highest BCUT2D eigenvalue weighted by Crippen LogP contribution is 2.37. The zero-order valence-corrected chi connectivity index (χ0v) is 12.5. The molecule has 1 fully saturated rings. The van der Waals surface area contributed by atoms with Crippen LogP contribution in [-0.2, 0) is 0 Å². The van der Waals surface area contributed by atoms with Crippen molar-refractivity contribution < 1.29 is 0 Å². The van der Waals surface area contributed by atoms with Gasteiger partial charge in [0, 0.05) is 10.0 Å². The third-order valence-corrected chi connectivity index (χ3v) is 4.48. The largest absolute Gasteiger partial charge is 0.303 e. The SMILES string of the molecule is CCCCN1CCC(c2c(Cl)cccc2Cl)CC1. The van der Waals surface area contributed by atoms with Crippen molar-refractivity contribution in [3.05, 3.63) is 33.8 Å². The lowest BCUT2D eigenvalue weighted by molar-refractivity contribution is 0.210. The second-order valence-corrected chi connectivity index (χ2v) is 5.92. The molecule has 0 saturated carbocycles. The minimum Gasteiger partial charge on any atom is -0.303 e. The van der Waals surface area contributed by atoms with Crippen molar-refractivity contribution in [3.8, 4) is 0 Å². The number of benzene rings is 1. The molecule has 18 heavy (non-hydrogen) atoms. The molecule has 1 aromatic carbocycles. The maximum absolute atomic E-state index is 6.28. The van der Waals surface area contributed by atoms with Crippen LogP contribution in [-0.4, -0.2) is 24.5 Å². The van der Waals surface area contributed by atoms with Crippen molar-refractivity contribution >= 4 is 23.2 Å². The summed E-state index contributed by atoms with van der Waals surface area (Å²) in [4.78, 5) is 2.56. The predicted octanol–water partition coefficient (Wildman–Crippen LogP) is 4.97. The Hall–Kier alpha value is -0.240. The van der Waals surface area contributed by atoms with Gasteiger partial charge >= 0.3 is 0 Å². The average molecular weight is 286 g/mol. The minimum atomic E-state index is 0.532. The van der Waals surface area contributed by atoms with Gasteiger partial charge in [-0.05, 0) is 62.5 Å². The Labute approximate surface area is 120 Å². The first-order chi connectivity index (χ1) is 8.72. The summed E-state index contributed by atoms with van der Waals surface area (Å²) in [7, 11) is 0. The van der Waals surface area contributed by atoms with E-state index >= 15 is 0 Å². The van der Waals surface area contributed by atoms with Gasteiger partial charge in [-0.25, -0.2) is 0 Å². The van der Waals surface area contributed by atoms with Crippen molar-refractivity contribution in [1.82, 2.24) is 4.90 Å².